The van der Waals surface area contributed by atoms with Gasteiger partial charge in [-0.2, -0.15) is 20.5 Å². The Balaban J connectivity index is 2.58. The zero-order chi connectivity index (χ0) is 15.8. The molecule has 0 saturated heterocycles. The molecular weight excluding hydrogens is 304 g/mol. The molecule has 5 nitrogen and oxygen atoms in total. The van der Waals surface area contributed by atoms with Gasteiger partial charge in [0, 0.05) is 24.0 Å². The Labute approximate surface area is 124 Å². The third-order valence-corrected chi connectivity index (χ3v) is 3.49. The molecule has 0 fully saturated rings. The number of para-hydroxylation sites is 1. The molecule has 1 rings (SSSR count). The monoisotopic (exact) mass is 319 g/mol. The van der Waals surface area contributed by atoms with E-state index < -0.39 is 24.5 Å². The number of alkyl halides is 2. The number of carbonyl (C=O) groups is 2. The van der Waals surface area contributed by atoms with Crippen molar-refractivity contribution < 1.29 is 28.2 Å². The van der Waals surface area contributed by atoms with E-state index in [0.29, 0.717) is 11.3 Å². The van der Waals surface area contributed by atoms with Gasteiger partial charge in [-0.25, -0.2) is 4.79 Å². The summed E-state index contributed by atoms with van der Waals surface area (Å²) in [5.74, 6) is -1.10. The van der Waals surface area contributed by atoms with Gasteiger partial charge in [-0.15, -0.1) is 0 Å². The van der Waals surface area contributed by atoms with Gasteiger partial charge in [0.15, 0.2) is 0 Å². The molecule has 0 bridgehead atoms. The Hall–Kier alpha value is -1.83. The number of thioether (sulfide) groups is 1. The van der Waals surface area contributed by atoms with E-state index in [0.717, 1.165) is 0 Å². The molecule has 116 valence electrons. The van der Waals surface area contributed by atoms with Crippen LogP contribution in [0.5, 0.6) is 5.75 Å². The van der Waals surface area contributed by atoms with Crippen molar-refractivity contribution in [2.45, 2.75) is 25.3 Å². The topological polar surface area (TPSA) is 75.6 Å². The minimum atomic E-state index is -2.91. The molecule has 1 aromatic rings. The molecule has 0 aliphatic heterocycles. The lowest BCUT2D eigenvalue weighted by molar-refractivity contribution is -0.140. The number of benzene rings is 1. The van der Waals surface area contributed by atoms with Crippen LogP contribution in [0.15, 0.2) is 24.3 Å². The first kappa shape index (κ1) is 17.2. The Morgan fingerprint density at radius 3 is 2.62 bits per heavy atom. The number of amides is 1. The number of rotatable bonds is 8. The number of carbonyl (C=O) groups excluding carboxylic acids is 1. The van der Waals surface area contributed by atoms with Crippen LogP contribution in [0, 0.1) is 0 Å². The lowest BCUT2D eigenvalue weighted by atomic mass is 10.2. The Bertz CT molecular complexity index is 499. The van der Waals surface area contributed by atoms with Crippen LogP contribution in [-0.4, -0.2) is 35.4 Å². The zero-order valence-corrected chi connectivity index (χ0v) is 12.0. The van der Waals surface area contributed by atoms with Crippen LogP contribution in [0.25, 0.3) is 0 Å². The van der Waals surface area contributed by atoms with Gasteiger partial charge in [0.05, 0.1) is 0 Å². The van der Waals surface area contributed by atoms with Gasteiger partial charge in [-0.3, -0.25) is 4.79 Å². The fraction of sp³-hybridized carbons (Fsp3) is 0.385. The van der Waals surface area contributed by atoms with Crippen molar-refractivity contribution in [2.75, 3.05) is 5.75 Å². The van der Waals surface area contributed by atoms with E-state index in [1.165, 1.54) is 24.8 Å². The van der Waals surface area contributed by atoms with E-state index in [4.69, 9.17) is 5.11 Å². The van der Waals surface area contributed by atoms with Crippen molar-refractivity contribution in [1.29, 1.82) is 0 Å². The number of carboxylic acid groups (broad SMARTS) is 1. The highest BCUT2D eigenvalue weighted by atomic mass is 32.2. The summed E-state index contributed by atoms with van der Waals surface area (Å²) >= 11 is 1.21. The second-order valence-corrected chi connectivity index (χ2v) is 5.12. The van der Waals surface area contributed by atoms with Gasteiger partial charge in [-0.1, -0.05) is 18.2 Å². The molecule has 2 N–H and O–H groups in total. The van der Waals surface area contributed by atoms with Crippen LogP contribution in [-0.2, 0) is 15.3 Å². The molecule has 0 aliphatic carbocycles. The minimum Gasteiger partial charge on any atom is -0.480 e. The van der Waals surface area contributed by atoms with Gasteiger partial charge in [0.1, 0.15) is 11.8 Å². The number of ether oxygens (including phenoxy) is 1. The van der Waals surface area contributed by atoms with Crippen molar-refractivity contribution in [3.05, 3.63) is 29.8 Å². The third-order valence-electron chi connectivity index (χ3n) is 2.41. The Kier molecular flexibility index (Phi) is 6.93. The average Bonchev–Trinajstić information content (AvgIpc) is 2.38. The number of aliphatic carboxylic acids is 1. The highest BCUT2D eigenvalue weighted by molar-refractivity contribution is 7.98. The van der Waals surface area contributed by atoms with Crippen molar-refractivity contribution in [3.8, 4) is 5.75 Å². The molecule has 0 spiro atoms. The van der Waals surface area contributed by atoms with Gasteiger partial charge >= 0.3 is 12.6 Å². The van der Waals surface area contributed by atoms with Crippen molar-refractivity contribution in [2.24, 2.45) is 0 Å². The molecule has 0 unspecified atom stereocenters. The third kappa shape index (κ3) is 6.44. The van der Waals surface area contributed by atoms with E-state index >= 15 is 0 Å². The molecule has 1 atom stereocenters. The Morgan fingerprint density at radius 2 is 2.05 bits per heavy atom. The highest BCUT2D eigenvalue weighted by Gasteiger charge is 2.18. The largest absolute Gasteiger partial charge is 0.480 e. The number of carboxylic acids is 1. The lowest BCUT2D eigenvalue weighted by Crippen LogP contribution is -2.41. The maximum atomic E-state index is 12.2. The SMILES string of the molecule is CC(=O)N[C@@H](CSCc1ccccc1OC(F)F)C(=O)O. The molecule has 1 aromatic carbocycles. The smallest absolute Gasteiger partial charge is 0.387 e. The summed E-state index contributed by atoms with van der Waals surface area (Å²) in [4.78, 5) is 21.8. The fourth-order valence-corrected chi connectivity index (χ4v) is 2.58. The van der Waals surface area contributed by atoms with Gasteiger partial charge in [-0.05, 0) is 6.07 Å². The van der Waals surface area contributed by atoms with Crippen molar-refractivity contribution in [1.82, 2.24) is 5.32 Å². The maximum absolute atomic E-state index is 12.2. The summed E-state index contributed by atoms with van der Waals surface area (Å²) < 4.78 is 28.9. The first-order valence-electron chi connectivity index (χ1n) is 6.00. The predicted molar refractivity (Wildman–Crippen MR) is 74.5 cm³/mol. The van der Waals surface area contributed by atoms with E-state index in [1.807, 2.05) is 0 Å². The molecule has 8 heteroatoms. The Morgan fingerprint density at radius 1 is 1.38 bits per heavy atom. The summed E-state index contributed by atoms with van der Waals surface area (Å²) in [6, 6.07) is 5.28. The molecule has 0 aliphatic rings. The standard InChI is InChI=1S/C13H15F2NO4S/c1-8(17)16-10(12(18)19)7-21-6-9-4-2-3-5-11(9)20-13(14)15/h2-5,10,13H,6-7H2,1H3,(H,16,17)(H,18,19)/t10-/m0/s1. The highest BCUT2D eigenvalue weighted by Crippen LogP contribution is 2.24. The molecule has 0 heterocycles. The number of halogens is 2. The van der Waals surface area contributed by atoms with E-state index in [-0.39, 0.29) is 11.5 Å². The molecule has 0 saturated carbocycles. The molecule has 0 radical (unpaired) electrons. The van der Waals surface area contributed by atoms with Crippen LogP contribution in [0.2, 0.25) is 0 Å². The second-order valence-electron chi connectivity index (χ2n) is 4.09. The number of hydrogen-bond donors (Lipinski definition) is 2. The minimum absolute atomic E-state index is 0.0615. The van der Waals surface area contributed by atoms with E-state index in [2.05, 4.69) is 10.1 Å². The van der Waals surface area contributed by atoms with E-state index in [1.54, 1.807) is 18.2 Å². The van der Waals surface area contributed by atoms with Crippen molar-refractivity contribution in [3.63, 3.8) is 0 Å². The summed E-state index contributed by atoms with van der Waals surface area (Å²) in [7, 11) is 0. The van der Waals surface area contributed by atoms with Gasteiger partial charge < -0.3 is 15.2 Å². The van der Waals surface area contributed by atoms with Gasteiger partial charge in [0.25, 0.3) is 0 Å². The first-order valence-corrected chi connectivity index (χ1v) is 7.16. The summed E-state index contributed by atoms with van der Waals surface area (Å²) in [5.41, 5.74) is 0.537. The lowest BCUT2D eigenvalue weighted by Gasteiger charge is -2.14. The quantitative estimate of drug-likeness (QED) is 0.767. The molecule has 1 amide bonds. The van der Waals surface area contributed by atoms with Crippen molar-refractivity contribution >= 4 is 23.6 Å². The number of nitrogens with one attached hydrogen (secondary N) is 1. The average molecular weight is 319 g/mol. The van der Waals surface area contributed by atoms with E-state index in [9.17, 15) is 18.4 Å². The molecular formula is C13H15F2NO4S. The molecule has 0 aromatic heterocycles. The maximum Gasteiger partial charge on any atom is 0.387 e. The van der Waals surface area contributed by atoms with Crippen LogP contribution in [0.4, 0.5) is 8.78 Å². The molecule has 21 heavy (non-hydrogen) atoms. The normalized spacial score (nSPS) is 12.0. The summed E-state index contributed by atoms with van der Waals surface area (Å²) in [6.07, 6.45) is 0. The summed E-state index contributed by atoms with van der Waals surface area (Å²) in [5, 5.41) is 11.2. The van der Waals surface area contributed by atoms with Crippen LogP contribution in [0.3, 0.4) is 0 Å². The van der Waals surface area contributed by atoms with Crippen LogP contribution < -0.4 is 10.1 Å². The number of hydrogen-bond acceptors (Lipinski definition) is 4. The summed E-state index contributed by atoms with van der Waals surface area (Å²) in [6.45, 7) is -1.69. The predicted octanol–water partition coefficient (Wildman–Crippen LogP) is 2.11. The second kappa shape index (κ2) is 8.46. The zero-order valence-electron chi connectivity index (χ0n) is 11.2. The van der Waals surface area contributed by atoms with Crippen LogP contribution in [0.1, 0.15) is 12.5 Å². The van der Waals surface area contributed by atoms with Crippen LogP contribution >= 0.6 is 11.8 Å². The van der Waals surface area contributed by atoms with Gasteiger partial charge in [0.2, 0.25) is 5.91 Å². The first-order chi connectivity index (χ1) is 9.90. The fourth-order valence-electron chi connectivity index (χ4n) is 1.54.